The van der Waals surface area contributed by atoms with E-state index < -0.39 is 94.3 Å². The molecule has 194 valence electrons. The van der Waals surface area contributed by atoms with E-state index in [0.717, 1.165) is 19.6 Å². The predicted molar refractivity (Wildman–Crippen MR) is 116 cm³/mol. The largest absolute Gasteiger partial charge is 0.390 e. The first-order valence-corrected chi connectivity index (χ1v) is 11.5. The summed E-state index contributed by atoms with van der Waals surface area (Å²) < 4.78 is 0. The van der Waals surface area contributed by atoms with Crippen LogP contribution in [0.2, 0.25) is 0 Å². The molecule has 0 aromatic carbocycles. The van der Waals surface area contributed by atoms with Crippen LogP contribution in [0.15, 0.2) is 0 Å². The maximum atomic E-state index is 13.4. The molecule has 4 fully saturated rings. The number of likely N-dealkylation sites (tertiary alicyclic amines) is 4. The normalized spacial score (nSPS) is 36.0. The first kappa shape index (κ1) is 25.6. The van der Waals surface area contributed by atoms with E-state index in [9.17, 15) is 43.5 Å². The van der Waals surface area contributed by atoms with Gasteiger partial charge in [0.2, 0.25) is 47.3 Å². The molecule has 0 spiro atoms. The summed E-state index contributed by atoms with van der Waals surface area (Å²) in [6, 6.07) is 0. The summed E-state index contributed by atoms with van der Waals surface area (Å²) >= 11 is 0. The van der Waals surface area contributed by atoms with E-state index in [1.165, 1.54) is 42.0 Å². The van der Waals surface area contributed by atoms with E-state index in [2.05, 4.69) is 0 Å². The molecule has 4 rings (SSSR count). The highest BCUT2D eigenvalue weighted by Crippen LogP contribution is 2.51. The zero-order chi connectivity index (χ0) is 27.2. The average molecular weight is 504 g/mol. The van der Waals surface area contributed by atoms with Gasteiger partial charge in [-0.25, -0.2) is 0 Å². The Morgan fingerprint density at radius 2 is 0.917 bits per heavy atom. The summed E-state index contributed by atoms with van der Waals surface area (Å²) in [6.07, 6.45) is -0.353. The van der Waals surface area contributed by atoms with Crippen LogP contribution in [0.25, 0.3) is 0 Å². The van der Waals surface area contributed by atoms with Gasteiger partial charge in [0.15, 0.2) is 0 Å². The van der Waals surface area contributed by atoms with Crippen LogP contribution >= 0.6 is 0 Å². The fourth-order valence-corrected chi connectivity index (χ4v) is 6.28. The van der Waals surface area contributed by atoms with E-state index in [1.54, 1.807) is 0 Å². The molecule has 0 aromatic heterocycles. The molecule has 36 heavy (non-hydrogen) atoms. The lowest BCUT2D eigenvalue weighted by Crippen LogP contribution is -2.47. The molecule has 0 bridgehead atoms. The third-order valence-electron chi connectivity index (χ3n) is 8.19. The van der Waals surface area contributed by atoms with Gasteiger partial charge in [-0.1, -0.05) is 0 Å². The first-order valence-electron chi connectivity index (χ1n) is 11.5. The summed E-state index contributed by atoms with van der Waals surface area (Å²) in [4.78, 5) is 108. The van der Waals surface area contributed by atoms with Gasteiger partial charge < -0.3 is 5.11 Å². The number of aliphatic hydroxyl groups is 1. The summed E-state index contributed by atoms with van der Waals surface area (Å²) in [5, 5.41) is 10.8. The molecule has 7 atom stereocenters. The molecule has 4 saturated heterocycles. The lowest BCUT2D eigenvalue weighted by molar-refractivity contribution is -0.144. The van der Waals surface area contributed by atoms with Crippen molar-refractivity contribution in [2.45, 2.75) is 25.9 Å². The number of hydrogen-bond acceptors (Lipinski definition) is 9. The Morgan fingerprint density at radius 3 is 1.33 bits per heavy atom. The molecule has 0 aromatic rings. The Hall–Kier alpha value is -3.48. The zero-order valence-corrected chi connectivity index (χ0v) is 20.8. The maximum absolute atomic E-state index is 13.4. The maximum Gasteiger partial charge on any atom is 0.235 e. The summed E-state index contributed by atoms with van der Waals surface area (Å²) in [5.41, 5.74) is -1.76. The third kappa shape index (κ3) is 3.25. The van der Waals surface area contributed by atoms with E-state index in [1.807, 2.05) is 0 Å². The minimum Gasteiger partial charge on any atom is -0.390 e. The van der Waals surface area contributed by atoms with Crippen molar-refractivity contribution in [3.8, 4) is 0 Å². The molecule has 4 aliphatic heterocycles. The third-order valence-corrected chi connectivity index (χ3v) is 8.19. The van der Waals surface area contributed by atoms with Crippen molar-refractivity contribution in [1.82, 2.24) is 19.6 Å². The Balaban J connectivity index is 1.87. The number of nitrogens with zero attached hydrogens (tertiary/aromatic N) is 4. The van der Waals surface area contributed by atoms with E-state index in [0.29, 0.717) is 0 Å². The van der Waals surface area contributed by atoms with Crippen molar-refractivity contribution < 1.29 is 43.5 Å². The minimum atomic E-state index is -1.76. The standard InChI is InChI=1S/C23H28N4O9/c1-23(2,36)15-14(21(34)27(6)22(15)35)13-12(19(32)26(5)20(13)33)11-10(17(30)25(4)18(11)31)8-7-9(28)24(3)16(8)29/h8,10-15,36H,7H2,1-6H3. The topological polar surface area (TPSA) is 170 Å². The van der Waals surface area contributed by atoms with Crippen LogP contribution in [0.3, 0.4) is 0 Å². The van der Waals surface area contributed by atoms with Gasteiger partial charge in [0.25, 0.3) is 0 Å². The van der Waals surface area contributed by atoms with E-state index in [-0.39, 0.29) is 6.42 Å². The smallest absolute Gasteiger partial charge is 0.235 e. The molecule has 4 aliphatic rings. The average Bonchev–Trinajstić information content (AvgIpc) is 3.36. The van der Waals surface area contributed by atoms with Crippen molar-refractivity contribution in [3.05, 3.63) is 0 Å². The second kappa shape index (κ2) is 8.02. The second-order valence-electron chi connectivity index (χ2n) is 10.6. The molecule has 8 amide bonds. The van der Waals surface area contributed by atoms with Crippen LogP contribution in [-0.4, -0.2) is 106 Å². The van der Waals surface area contributed by atoms with Crippen molar-refractivity contribution in [1.29, 1.82) is 0 Å². The minimum absolute atomic E-state index is 0.353. The fourth-order valence-electron chi connectivity index (χ4n) is 6.28. The Bertz CT molecular complexity index is 1140. The molecule has 1 N–H and O–H groups in total. The Kier molecular flexibility index (Phi) is 5.70. The molecule has 13 heteroatoms. The van der Waals surface area contributed by atoms with Crippen LogP contribution in [0.5, 0.6) is 0 Å². The number of imide groups is 4. The summed E-state index contributed by atoms with van der Waals surface area (Å²) in [6.45, 7) is 2.60. The van der Waals surface area contributed by atoms with Crippen LogP contribution in [0.1, 0.15) is 20.3 Å². The van der Waals surface area contributed by atoms with Crippen LogP contribution in [0, 0.1) is 41.4 Å². The molecule has 0 aliphatic carbocycles. The molecular weight excluding hydrogens is 476 g/mol. The monoisotopic (exact) mass is 504 g/mol. The van der Waals surface area contributed by atoms with Crippen LogP contribution in [-0.2, 0) is 38.4 Å². The van der Waals surface area contributed by atoms with Gasteiger partial charge in [-0.3, -0.25) is 58.0 Å². The van der Waals surface area contributed by atoms with Gasteiger partial charge in [0, 0.05) is 34.6 Å². The molecular formula is C23H28N4O9. The Labute approximate surface area is 206 Å². The van der Waals surface area contributed by atoms with Crippen molar-refractivity contribution in [3.63, 3.8) is 0 Å². The number of rotatable bonds is 4. The number of carbonyl (C=O) groups excluding carboxylic acids is 8. The number of carbonyl (C=O) groups is 8. The van der Waals surface area contributed by atoms with Gasteiger partial charge in [0.05, 0.1) is 47.0 Å². The highest BCUT2D eigenvalue weighted by atomic mass is 16.3. The molecule has 13 nitrogen and oxygen atoms in total. The lowest BCUT2D eigenvalue weighted by Gasteiger charge is -2.33. The number of amides is 8. The Morgan fingerprint density at radius 1 is 0.556 bits per heavy atom. The number of hydrogen-bond donors (Lipinski definition) is 1. The van der Waals surface area contributed by atoms with E-state index >= 15 is 0 Å². The second-order valence-corrected chi connectivity index (χ2v) is 10.6. The highest BCUT2D eigenvalue weighted by molar-refractivity contribution is 6.16. The van der Waals surface area contributed by atoms with E-state index in [4.69, 9.17) is 0 Å². The lowest BCUT2D eigenvalue weighted by atomic mass is 9.65. The van der Waals surface area contributed by atoms with Crippen molar-refractivity contribution in [2.24, 2.45) is 41.4 Å². The summed E-state index contributed by atoms with van der Waals surface area (Å²) in [5.74, 6) is -16.2. The van der Waals surface area contributed by atoms with Gasteiger partial charge >= 0.3 is 0 Å². The van der Waals surface area contributed by atoms with Gasteiger partial charge in [-0.15, -0.1) is 0 Å². The first-order chi connectivity index (χ1) is 16.5. The van der Waals surface area contributed by atoms with Crippen molar-refractivity contribution in [2.75, 3.05) is 28.2 Å². The van der Waals surface area contributed by atoms with Crippen LogP contribution < -0.4 is 0 Å². The SMILES string of the molecule is CN1C(=O)CC(C2C(=O)N(C)C(=O)C2C2C(=O)N(C)C(=O)C2C2C(=O)N(C)C(=O)C2C(C)(C)O)C1=O. The molecule has 7 unspecified atom stereocenters. The highest BCUT2D eigenvalue weighted by Gasteiger charge is 2.68. The zero-order valence-electron chi connectivity index (χ0n) is 20.8. The quantitative estimate of drug-likeness (QED) is 0.405. The van der Waals surface area contributed by atoms with Crippen molar-refractivity contribution >= 4 is 47.3 Å². The van der Waals surface area contributed by atoms with Crippen LogP contribution in [0.4, 0.5) is 0 Å². The molecule has 0 saturated carbocycles. The predicted octanol–water partition coefficient (Wildman–Crippen LogP) is -2.54. The van der Waals surface area contributed by atoms with Gasteiger partial charge in [0.1, 0.15) is 0 Å². The van der Waals surface area contributed by atoms with Gasteiger partial charge in [-0.05, 0) is 13.8 Å². The summed E-state index contributed by atoms with van der Waals surface area (Å²) in [7, 11) is 4.79. The molecule has 4 heterocycles. The fraction of sp³-hybridized carbons (Fsp3) is 0.652. The molecule has 0 radical (unpaired) electrons. The van der Waals surface area contributed by atoms with Gasteiger partial charge in [-0.2, -0.15) is 0 Å².